The van der Waals surface area contributed by atoms with Gasteiger partial charge in [0.15, 0.2) is 0 Å². The molecule has 0 atom stereocenters. The van der Waals surface area contributed by atoms with E-state index >= 15 is 0 Å². The minimum Gasteiger partial charge on any atom is -0.384 e. The molecular formula is C10H12F2N2OS. The predicted octanol–water partition coefficient (Wildman–Crippen LogP) is 2.29. The molecule has 0 saturated carbocycles. The first-order valence-corrected chi connectivity index (χ1v) is 5.53. The number of alkyl halides is 2. The Kier molecular flexibility index (Phi) is 5.04. The van der Waals surface area contributed by atoms with Gasteiger partial charge >= 0.3 is 0 Å². The quantitative estimate of drug-likeness (QED) is 0.757. The van der Waals surface area contributed by atoms with Crippen LogP contribution in [-0.4, -0.2) is 18.2 Å². The molecule has 88 valence electrons. The van der Waals surface area contributed by atoms with E-state index in [2.05, 4.69) is 5.32 Å². The Labute approximate surface area is 96.4 Å². The van der Waals surface area contributed by atoms with Crippen LogP contribution in [0.15, 0.2) is 29.2 Å². The molecular weight excluding hydrogens is 234 g/mol. The van der Waals surface area contributed by atoms with E-state index in [9.17, 15) is 13.6 Å². The molecule has 6 heteroatoms. The van der Waals surface area contributed by atoms with Crippen molar-refractivity contribution >= 4 is 23.4 Å². The molecule has 0 unspecified atom stereocenters. The van der Waals surface area contributed by atoms with E-state index in [-0.39, 0.29) is 6.42 Å². The molecule has 0 bridgehead atoms. The van der Waals surface area contributed by atoms with Gasteiger partial charge in [0.1, 0.15) is 0 Å². The lowest BCUT2D eigenvalue weighted by Gasteiger charge is -2.10. The molecule has 0 aliphatic heterocycles. The van der Waals surface area contributed by atoms with Gasteiger partial charge in [0.25, 0.3) is 5.76 Å². The lowest BCUT2D eigenvalue weighted by atomic mass is 10.3. The zero-order chi connectivity index (χ0) is 12.0. The van der Waals surface area contributed by atoms with Crippen LogP contribution < -0.4 is 11.1 Å². The minimum atomic E-state index is -2.46. The average Bonchev–Trinajstić information content (AvgIpc) is 2.19. The van der Waals surface area contributed by atoms with Gasteiger partial charge in [0.2, 0.25) is 5.91 Å². The minimum absolute atomic E-state index is 0.174. The molecule has 0 spiro atoms. The van der Waals surface area contributed by atoms with Crippen molar-refractivity contribution in [2.75, 3.05) is 11.9 Å². The number of halogens is 2. The first kappa shape index (κ1) is 12.8. The molecule has 0 fully saturated rings. The Morgan fingerprint density at radius 2 is 2.12 bits per heavy atom. The van der Waals surface area contributed by atoms with Gasteiger partial charge in [-0.2, -0.15) is 8.78 Å². The lowest BCUT2D eigenvalue weighted by molar-refractivity contribution is -0.117. The standard InChI is InChI=1S/C10H12F2N2OS/c11-10(12)16-8-4-2-1-3-7(8)14-6-5-9(13)15/h1-4,10,14H,5-6H2,(H2,13,15). The SMILES string of the molecule is NC(=O)CCNc1ccccc1SC(F)F. The topological polar surface area (TPSA) is 55.1 Å². The summed E-state index contributed by atoms with van der Waals surface area (Å²) in [5.41, 5.74) is 5.56. The number of nitrogens with one attached hydrogen (secondary N) is 1. The first-order chi connectivity index (χ1) is 7.59. The molecule has 0 saturated heterocycles. The third-order valence-electron chi connectivity index (χ3n) is 1.79. The molecule has 1 amide bonds. The highest BCUT2D eigenvalue weighted by atomic mass is 32.2. The second-order valence-electron chi connectivity index (χ2n) is 3.02. The fourth-order valence-corrected chi connectivity index (χ4v) is 1.75. The summed E-state index contributed by atoms with van der Waals surface area (Å²) >= 11 is 0.472. The number of para-hydroxylation sites is 1. The normalized spacial score (nSPS) is 10.4. The Hall–Kier alpha value is -1.30. The summed E-state index contributed by atoms with van der Waals surface area (Å²) in [6.07, 6.45) is 0.174. The van der Waals surface area contributed by atoms with E-state index in [0.717, 1.165) is 0 Å². The van der Waals surface area contributed by atoms with Crippen LogP contribution in [0.25, 0.3) is 0 Å². The maximum absolute atomic E-state index is 12.2. The average molecular weight is 246 g/mol. The van der Waals surface area contributed by atoms with Gasteiger partial charge in [-0.05, 0) is 12.1 Å². The Morgan fingerprint density at radius 3 is 2.75 bits per heavy atom. The second kappa shape index (κ2) is 6.32. The van der Waals surface area contributed by atoms with Crippen molar-refractivity contribution in [2.24, 2.45) is 5.73 Å². The van der Waals surface area contributed by atoms with Crippen LogP contribution in [0.3, 0.4) is 0 Å². The molecule has 1 rings (SSSR count). The third-order valence-corrected chi connectivity index (χ3v) is 2.58. The van der Waals surface area contributed by atoms with Gasteiger partial charge in [-0.25, -0.2) is 0 Å². The molecule has 0 radical (unpaired) electrons. The highest BCUT2D eigenvalue weighted by Gasteiger charge is 2.09. The Morgan fingerprint density at radius 1 is 1.44 bits per heavy atom. The van der Waals surface area contributed by atoms with Crippen molar-refractivity contribution in [1.29, 1.82) is 0 Å². The maximum Gasteiger partial charge on any atom is 0.288 e. The number of thioether (sulfide) groups is 1. The van der Waals surface area contributed by atoms with Crippen molar-refractivity contribution < 1.29 is 13.6 Å². The summed E-state index contributed by atoms with van der Waals surface area (Å²) in [6, 6.07) is 6.71. The smallest absolute Gasteiger partial charge is 0.288 e. The van der Waals surface area contributed by atoms with Crippen LogP contribution in [0.5, 0.6) is 0 Å². The van der Waals surface area contributed by atoms with Crippen LogP contribution in [0.2, 0.25) is 0 Å². The molecule has 16 heavy (non-hydrogen) atoms. The van der Waals surface area contributed by atoms with Gasteiger partial charge in [-0.1, -0.05) is 23.9 Å². The number of hydrogen-bond acceptors (Lipinski definition) is 3. The van der Waals surface area contributed by atoms with Crippen molar-refractivity contribution in [3.05, 3.63) is 24.3 Å². The summed E-state index contributed by atoms with van der Waals surface area (Å²) < 4.78 is 24.4. The monoisotopic (exact) mass is 246 g/mol. The van der Waals surface area contributed by atoms with Crippen molar-refractivity contribution in [1.82, 2.24) is 0 Å². The largest absolute Gasteiger partial charge is 0.384 e. The van der Waals surface area contributed by atoms with Crippen LogP contribution in [0.4, 0.5) is 14.5 Å². The van der Waals surface area contributed by atoms with Gasteiger partial charge in [-0.3, -0.25) is 4.79 Å². The zero-order valence-corrected chi connectivity index (χ0v) is 9.27. The fraction of sp³-hybridized carbons (Fsp3) is 0.300. The fourth-order valence-electron chi connectivity index (χ4n) is 1.13. The van der Waals surface area contributed by atoms with E-state index in [1.165, 1.54) is 0 Å². The predicted molar refractivity (Wildman–Crippen MR) is 60.6 cm³/mol. The molecule has 1 aromatic carbocycles. The Balaban J connectivity index is 2.60. The number of rotatable bonds is 6. The van der Waals surface area contributed by atoms with Crippen molar-refractivity contribution in [3.8, 4) is 0 Å². The summed E-state index contributed by atoms with van der Waals surface area (Å²) in [4.78, 5) is 11.0. The van der Waals surface area contributed by atoms with Crippen LogP contribution in [0.1, 0.15) is 6.42 Å². The number of amides is 1. The maximum atomic E-state index is 12.2. The second-order valence-corrected chi connectivity index (χ2v) is 4.05. The molecule has 3 N–H and O–H groups in total. The van der Waals surface area contributed by atoms with Gasteiger partial charge < -0.3 is 11.1 Å². The summed E-state index contributed by atoms with van der Waals surface area (Å²) in [5.74, 6) is -2.88. The highest BCUT2D eigenvalue weighted by molar-refractivity contribution is 7.99. The molecule has 0 aliphatic rings. The van der Waals surface area contributed by atoms with Gasteiger partial charge in [-0.15, -0.1) is 0 Å². The zero-order valence-electron chi connectivity index (χ0n) is 8.45. The van der Waals surface area contributed by atoms with Gasteiger partial charge in [0.05, 0.1) is 0 Å². The van der Waals surface area contributed by atoms with E-state index in [4.69, 9.17) is 5.73 Å². The number of benzene rings is 1. The van der Waals surface area contributed by atoms with E-state index < -0.39 is 11.7 Å². The van der Waals surface area contributed by atoms with Crippen molar-refractivity contribution in [3.63, 3.8) is 0 Å². The lowest BCUT2D eigenvalue weighted by Crippen LogP contribution is -2.16. The highest BCUT2D eigenvalue weighted by Crippen LogP contribution is 2.31. The summed E-state index contributed by atoms with van der Waals surface area (Å²) in [5, 5.41) is 2.89. The van der Waals surface area contributed by atoms with Crippen molar-refractivity contribution in [2.45, 2.75) is 17.1 Å². The molecule has 0 aliphatic carbocycles. The summed E-state index contributed by atoms with van der Waals surface area (Å²) in [6.45, 7) is 0.343. The summed E-state index contributed by atoms with van der Waals surface area (Å²) in [7, 11) is 0. The first-order valence-electron chi connectivity index (χ1n) is 4.65. The molecule has 0 heterocycles. The molecule has 0 aromatic heterocycles. The number of carbonyl (C=O) groups excluding carboxylic acids is 1. The number of nitrogens with two attached hydrogens (primary N) is 1. The number of primary amides is 1. The number of hydrogen-bond donors (Lipinski definition) is 2. The van der Waals surface area contributed by atoms with Crippen LogP contribution in [0, 0.1) is 0 Å². The third kappa shape index (κ3) is 4.48. The van der Waals surface area contributed by atoms with Crippen LogP contribution in [-0.2, 0) is 4.79 Å². The Bertz CT molecular complexity index is 360. The molecule has 1 aromatic rings. The molecule has 3 nitrogen and oxygen atoms in total. The van der Waals surface area contributed by atoms with Gasteiger partial charge in [0, 0.05) is 23.5 Å². The van der Waals surface area contributed by atoms with E-state index in [1.807, 2.05) is 0 Å². The van der Waals surface area contributed by atoms with E-state index in [1.54, 1.807) is 24.3 Å². The number of carbonyl (C=O) groups is 1. The number of anilines is 1. The van der Waals surface area contributed by atoms with E-state index in [0.29, 0.717) is 28.9 Å². The van der Waals surface area contributed by atoms with Crippen LogP contribution >= 0.6 is 11.8 Å².